The molecule has 0 bridgehead atoms. The van der Waals surface area contributed by atoms with E-state index in [4.69, 9.17) is 5.73 Å². The average molecular weight is 371 g/mol. The van der Waals surface area contributed by atoms with E-state index in [2.05, 4.69) is 41.5 Å². The van der Waals surface area contributed by atoms with Crippen molar-refractivity contribution in [2.75, 3.05) is 16.4 Å². The number of nitrogen functional groups attached to an aromatic ring is 1. The molecule has 0 radical (unpaired) electrons. The molecule has 116 valence electrons. The Kier molecular flexibility index (Phi) is 4.38. The van der Waals surface area contributed by atoms with E-state index in [0.29, 0.717) is 23.1 Å². The molecule has 1 aromatic carbocycles. The minimum absolute atomic E-state index is 0.422. The van der Waals surface area contributed by atoms with Crippen LogP contribution in [0.5, 0.6) is 0 Å². The Bertz CT molecular complexity index is 819. The quantitative estimate of drug-likeness (QED) is 0.642. The number of halogens is 1. The topological polar surface area (TPSA) is 88.8 Å². The van der Waals surface area contributed by atoms with E-state index in [1.54, 1.807) is 6.20 Å². The lowest BCUT2D eigenvalue weighted by Gasteiger charge is -2.13. The summed E-state index contributed by atoms with van der Waals surface area (Å²) in [6, 6.07) is 11.6. The lowest BCUT2D eigenvalue weighted by molar-refractivity contribution is 1.16. The molecular weight excluding hydrogens is 356 g/mol. The van der Waals surface area contributed by atoms with Gasteiger partial charge in [0.2, 0.25) is 0 Å². The number of aromatic nitrogens is 3. The summed E-state index contributed by atoms with van der Waals surface area (Å²) < 4.78 is 0.924. The van der Waals surface area contributed by atoms with Crippen molar-refractivity contribution in [3.63, 3.8) is 0 Å². The molecule has 4 N–H and O–H groups in total. The fourth-order valence-electron chi connectivity index (χ4n) is 1.95. The maximum Gasteiger partial charge on any atom is 0.160 e. The highest BCUT2D eigenvalue weighted by Gasteiger charge is 2.10. The molecule has 0 saturated carbocycles. The Balaban J connectivity index is 1.86. The Morgan fingerprint density at radius 3 is 2.39 bits per heavy atom. The third kappa shape index (κ3) is 3.57. The van der Waals surface area contributed by atoms with Gasteiger partial charge in [0.15, 0.2) is 11.6 Å². The lowest BCUT2D eigenvalue weighted by Crippen LogP contribution is -2.06. The number of nitrogens with two attached hydrogens (primary N) is 1. The van der Waals surface area contributed by atoms with Crippen LogP contribution < -0.4 is 16.4 Å². The second-order valence-electron chi connectivity index (χ2n) is 4.94. The van der Waals surface area contributed by atoms with Gasteiger partial charge < -0.3 is 16.4 Å². The molecule has 23 heavy (non-hydrogen) atoms. The summed E-state index contributed by atoms with van der Waals surface area (Å²) in [5, 5.41) is 6.29. The average Bonchev–Trinajstić information content (AvgIpc) is 2.55. The fourth-order valence-corrected chi connectivity index (χ4v) is 2.33. The van der Waals surface area contributed by atoms with E-state index in [0.717, 1.165) is 15.7 Å². The largest absolute Gasteiger partial charge is 0.393 e. The van der Waals surface area contributed by atoms with E-state index in [1.165, 1.54) is 6.33 Å². The number of hydrogen-bond donors (Lipinski definition) is 3. The van der Waals surface area contributed by atoms with Crippen molar-refractivity contribution in [3.8, 4) is 0 Å². The molecule has 6 nitrogen and oxygen atoms in total. The van der Waals surface area contributed by atoms with Gasteiger partial charge in [0, 0.05) is 10.7 Å². The Labute approximate surface area is 142 Å². The van der Waals surface area contributed by atoms with E-state index in [9.17, 15) is 0 Å². The Morgan fingerprint density at radius 2 is 1.70 bits per heavy atom. The predicted octanol–water partition coefficient (Wildman–Crippen LogP) is 4.01. The molecule has 0 saturated heterocycles. The first kappa shape index (κ1) is 15.2. The normalized spacial score (nSPS) is 10.3. The Hall–Kier alpha value is -2.67. The van der Waals surface area contributed by atoms with Crippen LogP contribution in [0.4, 0.5) is 28.8 Å². The first-order valence-corrected chi connectivity index (χ1v) is 7.74. The van der Waals surface area contributed by atoms with E-state index in [-0.39, 0.29) is 0 Å². The Morgan fingerprint density at radius 1 is 0.957 bits per heavy atom. The number of aryl methyl sites for hydroxylation is 1. The van der Waals surface area contributed by atoms with Crippen molar-refractivity contribution in [1.82, 2.24) is 15.0 Å². The summed E-state index contributed by atoms with van der Waals surface area (Å²) in [4.78, 5) is 12.7. The van der Waals surface area contributed by atoms with Gasteiger partial charge in [-0.2, -0.15) is 0 Å². The number of pyridine rings is 1. The van der Waals surface area contributed by atoms with Crippen LogP contribution in [0.15, 0.2) is 53.4 Å². The summed E-state index contributed by atoms with van der Waals surface area (Å²) in [5.74, 6) is 1.71. The summed E-state index contributed by atoms with van der Waals surface area (Å²) in [7, 11) is 0. The van der Waals surface area contributed by atoms with Crippen molar-refractivity contribution in [3.05, 3.63) is 59.0 Å². The van der Waals surface area contributed by atoms with Crippen molar-refractivity contribution < 1.29 is 0 Å². The molecule has 3 rings (SSSR count). The fraction of sp³-hybridized carbons (Fsp3) is 0.0625. The van der Waals surface area contributed by atoms with Gasteiger partial charge in [-0.15, -0.1) is 0 Å². The summed E-state index contributed by atoms with van der Waals surface area (Å²) in [5.41, 5.74) is 8.55. The van der Waals surface area contributed by atoms with Crippen LogP contribution in [0.25, 0.3) is 0 Å². The van der Waals surface area contributed by atoms with Gasteiger partial charge in [-0.05, 0) is 46.6 Å². The molecule has 0 aliphatic carbocycles. The molecule has 0 spiro atoms. The standard InChI is InChI=1S/C16H15BrN6/c1-10-6-7-13(19-8-10)23-16-14(18)15(20-9-21-16)22-12-5-3-2-4-11(12)17/h2-9H,18H2,1H3,(H2,19,20,21,22,23). The third-order valence-electron chi connectivity index (χ3n) is 3.17. The van der Waals surface area contributed by atoms with Gasteiger partial charge in [0.05, 0.1) is 5.69 Å². The number of hydrogen-bond acceptors (Lipinski definition) is 6. The van der Waals surface area contributed by atoms with E-state index in [1.807, 2.05) is 43.3 Å². The summed E-state index contributed by atoms with van der Waals surface area (Å²) >= 11 is 3.49. The zero-order valence-corrected chi connectivity index (χ0v) is 14.0. The maximum absolute atomic E-state index is 6.17. The van der Waals surface area contributed by atoms with Crippen molar-refractivity contribution >= 4 is 44.8 Å². The predicted molar refractivity (Wildman–Crippen MR) is 96.1 cm³/mol. The molecule has 0 amide bonds. The maximum atomic E-state index is 6.17. The lowest BCUT2D eigenvalue weighted by atomic mass is 10.3. The van der Waals surface area contributed by atoms with E-state index < -0.39 is 0 Å². The number of nitrogens with one attached hydrogen (secondary N) is 2. The number of anilines is 5. The molecule has 7 heteroatoms. The van der Waals surface area contributed by atoms with Crippen LogP contribution in [0.1, 0.15) is 5.56 Å². The molecule has 2 heterocycles. The summed E-state index contributed by atoms with van der Waals surface area (Å²) in [6.45, 7) is 1.98. The SMILES string of the molecule is Cc1ccc(Nc2ncnc(Nc3ccccc3Br)c2N)nc1. The number of benzene rings is 1. The first-order valence-electron chi connectivity index (χ1n) is 6.95. The molecule has 0 aliphatic heterocycles. The molecule has 0 atom stereocenters. The van der Waals surface area contributed by atoms with Crippen LogP contribution in [0.2, 0.25) is 0 Å². The smallest absolute Gasteiger partial charge is 0.160 e. The van der Waals surface area contributed by atoms with Crippen LogP contribution >= 0.6 is 15.9 Å². The molecule has 0 aliphatic rings. The van der Waals surface area contributed by atoms with Gasteiger partial charge >= 0.3 is 0 Å². The van der Waals surface area contributed by atoms with E-state index >= 15 is 0 Å². The van der Waals surface area contributed by atoms with Crippen molar-refractivity contribution in [2.24, 2.45) is 0 Å². The second-order valence-corrected chi connectivity index (χ2v) is 5.79. The van der Waals surface area contributed by atoms with Crippen LogP contribution in [-0.2, 0) is 0 Å². The number of nitrogens with zero attached hydrogens (tertiary/aromatic N) is 3. The molecule has 2 aromatic heterocycles. The number of rotatable bonds is 4. The minimum atomic E-state index is 0.422. The van der Waals surface area contributed by atoms with Gasteiger partial charge in [0.1, 0.15) is 17.8 Å². The molecule has 0 fully saturated rings. The highest BCUT2D eigenvalue weighted by Crippen LogP contribution is 2.30. The van der Waals surface area contributed by atoms with Gasteiger partial charge in [-0.25, -0.2) is 15.0 Å². The van der Waals surface area contributed by atoms with Crippen LogP contribution in [0, 0.1) is 6.92 Å². The minimum Gasteiger partial charge on any atom is -0.393 e. The summed E-state index contributed by atoms with van der Waals surface area (Å²) in [6.07, 6.45) is 3.23. The highest BCUT2D eigenvalue weighted by molar-refractivity contribution is 9.10. The molecule has 3 aromatic rings. The number of para-hydroxylation sites is 1. The first-order chi connectivity index (χ1) is 11.1. The zero-order valence-electron chi connectivity index (χ0n) is 12.4. The van der Waals surface area contributed by atoms with Crippen molar-refractivity contribution in [1.29, 1.82) is 0 Å². The third-order valence-corrected chi connectivity index (χ3v) is 3.86. The monoisotopic (exact) mass is 370 g/mol. The van der Waals surface area contributed by atoms with Gasteiger partial charge in [0.25, 0.3) is 0 Å². The molecule has 0 unspecified atom stereocenters. The molecular formula is C16H15BrN6. The van der Waals surface area contributed by atoms with Crippen LogP contribution in [0.3, 0.4) is 0 Å². The van der Waals surface area contributed by atoms with Crippen molar-refractivity contribution in [2.45, 2.75) is 6.92 Å². The van der Waals surface area contributed by atoms with Crippen LogP contribution in [-0.4, -0.2) is 15.0 Å². The zero-order chi connectivity index (χ0) is 16.2. The van der Waals surface area contributed by atoms with Gasteiger partial charge in [-0.3, -0.25) is 0 Å². The van der Waals surface area contributed by atoms with Gasteiger partial charge in [-0.1, -0.05) is 18.2 Å². The second kappa shape index (κ2) is 6.62. The highest BCUT2D eigenvalue weighted by atomic mass is 79.9.